The smallest absolute Gasteiger partial charge is 0.258 e. The van der Waals surface area contributed by atoms with Crippen molar-refractivity contribution in [1.29, 1.82) is 0 Å². The molecule has 0 N–H and O–H groups in total. The van der Waals surface area contributed by atoms with Gasteiger partial charge in [0.05, 0.1) is 20.8 Å². The van der Waals surface area contributed by atoms with E-state index in [9.17, 15) is 4.79 Å². The summed E-state index contributed by atoms with van der Waals surface area (Å²) in [4.78, 5) is 19.3. The number of methoxy groups -OCH3 is 2. The lowest BCUT2D eigenvalue weighted by atomic mass is 10.1. The van der Waals surface area contributed by atoms with Crippen LogP contribution in [0.5, 0.6) is 11.5 Å². The van der Waals surface area contributed by atoms with Gasteiger partial charge in [-0.2, -0.15) is 0 Å². The second kappa shape index (κ2) is 6.91. The number of fused-ring (bicyclic) bond motifs is 2. The highest BCUT2D eigenvalue weighted by atomic mass is 16.5. The number of anilines is 1. The fraction of sp³-hybridized carbons (Fsp3) is 0.167. The first-order valence-electron chi connectivity index (χ1n) is 9.62. The number of amides is 1. The zero-order chi connectivity index (χ0) is 20.8. The Bertz CT molecular complexity index is 1290. The molecule has 1 aliphatic rings. The fourth-order valence-corrected chi connectivity index (χ4v) is 3.89. The minimum absolute atomic E-state index is 0.00737. The van der Waals surface area contributed by atoms with E-state index >= 15 is 0 Å². The van der Waals surface area contributed by atoms with E-state index in [2.05, 4.69) is 4.98 Å². The van der Waals surface area contributed by atoms with E-state index < -0.39 is 0 Å². The third-order valence-electron chi connectivity index (χ3n) is 5.42. The van der Waals surface area contributed by atoms with Crippen molar-refractivity contribution in [3.05, 3.63) is 71.3 Å². The highest BCUT2D eigenvalue weighted by Crippen LogP contribution is 2.36. The van der Waals surface area contributed by atoms with Gasteiger partial charge in [-0.25, -0.2) is 4.98 Å². The van der Waals surface area contributed by atoms with E-state index in [1.165, 1.54) is 0 Å². The molecule has 4 aromatic rings. The first-order chi connectivity index (χ1) is 14.6. The van der Waals surface area contributed by atoms with Crippen molar-refractivity contribution in [2.24, 2.45) is 0 Å². The van der Waals surface area contributed by atoms with Gasteiger partial charge in [-0.05, 0) is 54.4 Å². The largest absolute Gasteiger partial charge is 0.493 e. The Morgan fingerprint density at radius 1 is 1.00 bits per heavy atom. The number of hydrogen-bond donors (Lipinski definition) is 0. The molecule has 150 valence electrons. The van der Waals surface area contributed by atoms with E-state index in [1.807, 2.05) is 61.5 Å². The summed E-state index contributed by atoms with van der Waals surface area (Å²) in [6.45, 7) is 2.52. The molecule has 3 aromatic carbocycles. The third kappa shape index (κ3) is 2.80. The number of ether oxygens (including phenoxy) is 2. The molecule has 6 nitrogen and oxygen atoms in total. The SMILES string of the molecule is COc1ccc(-c2nc3cc(N4Cc5ccccc5C4=O)cc(C)c3o2)cc1OC. The molecule has 1 aliphatic heterocycles. The lowest BCUT2D eigenvalue weighted by molar-refractivity contribution is 0.0996. The van der Waals surface area contributed by atoms with Crippen LogP contribution in [0, 0.1) is 6.92 Å². The standard InChI is InChI=1S/C24H20N2O4/c1-14-10-17(26-13-16-6-4-5-7-18(16)24(26)27)12-19-22(14)30-23(25-19)15-8-9-20(28-2)21(11-15)29-3/h4-12H,13H2,1-3H3. The number of aromatic nitrogens is 1. The molecule has 0 fully saturated rings. The van der Waals surface area contributed by atoms with Gasteiger partial charge in [0.15, 0.2) is 17.1 Å². The predicted octanol–water partition coefficient (Wildman–Crippen LogP) is 4.98. The topological polar surface area (TPSA) is 64.8 Å². The summed E-state index contributed by atoms with van der Waals surface area (Å²) in [5.41, 5.74) is 5.72. The zero-order valence-corrected chi connectivity index (χ0v) is 16.9. The van der Waals surface area contributed by atoms with Crippen LogP contribution in [0.4, 0.5) is 5.69 Å². The van der Waals surface area contributed by atoms with Gasteiger partial charge in [0.25, 0.3) is 5.91 Å². The molecule has 0 saturated carbocycles. The van der Waals surface area contributed by atoms with E-state index in [1.54, 1.807) is 19.1 Å². The van der Waals surface area contributed by atoms with Crippen LogP contribution in [0.1, 0.15) is 21.5 Å². The molecule has 0 unspecified atom stereocenters. The van der Waals surface area contributed by atoms with Crippen molar-refractivity contribution in [3.8, 4) is 23.0 Å². The molecule has 0 radical (unpaired) electrons. The molecule has 2 heterocycles. The monoisotopic (exact) mass is 400 g/mol. The summed E-state index contributed by atoms with van der Waals surface area (Å²) in [5, 5.41) is 0. The third-order valence-corrected chi connectivity index (χ3v) is 5.42. The number of oxazole rings is 1. The molecule has 1 amide bonds. The Morgan fingerprint density at radius 2 is 1.80 bits per heavy atom. The van der Waals surface area contributed by atoms with Crippen LogP contribution in [0.15, 0.2) is 59.0 Å². The summed E-state index contributed by atoms with van der Waals surface area (Å²) >= 11 is 0. The van der Waals surface area contributed by atoms with Crippen molar-refractivity contribution >= 4 is 22.7 Å². The molecular formula is C24H20N2O4. The minimum atomic E-state index is 0.00737. The maximum Gasteiger partial charge on any atom is 0.258 e. The molecule has 0 spiro atoms. The minimum Gasteiger partial charge on any atom is -0.493 e. The average molecular weight is 400 g/mol. The summed E-state index contributed by atoms with van der Waals surface area (Å²) < 4.78 is 16.7. The van der Waals surface area contributed by atoms with Crippen LogP contribution in [-0.4, -0.2) is 25.1 Å². The quantitative estimate of drug-likeness (QED) is 0.483. The number of carbonyl (C=O) groups excluding carboxylic acids is 1. The van der Waals surface area contributed by atoms with E-state index in [-0.39, 0.29) is 5.91 Å². The van der Waals surface area contributed by atoms with Crippen LogP contribution in [0.25, 0.3) is 22.6 Å². The van der Waals surface area contributed by atoms with E-state index in [0.29, 0.717) is 35.0 Å². The Kier molecular flexibility index (Phi) is 4.20. The van der Waals surface area contributed by atoms with Crippen LogP contribution in [-0.2, 0) is 6.54 Å². The first kappa shape index (κ1) is 18.2. The summed E-state index contributed by atoms with van der Waals surface area (Å²) in [6.07, 6.45) is 0. The number of aryl methyl sites for hydroxylation is 1. The molecule has 0 bridgehead atoms. The Labute approximate surface area is 173 Å². The Hall–Kier alpha value is -3.80. The fourth-order valence-electron chi connectivity index (χ4n) is 3.89. The predicted molar refractivity (Wildman–Crippen MR) is 114 cm³/mol. The summed E-state index contributed by atoms with van der Waals surface area (Å²) in [5.74, 6) is 1.74. The molecule has 1 aromatic heterocycles. The van der Waals surface area contributed by atoms with E-state index in [4.69, 9.17) is 13.9 Å². The van der Waals surface area contributed by atoms with Gasteiger partial charge < -0.3 is 18.8 Å². The van der Waals surface area contributed by atoms with Gasteiger partial charge in [0, 0.05) is 16.8 Å². The molecule has 5 rings (SSSR count). The van der Waals surface area contributed by atoms with Crippen molar-refractivity contribution in [2.45, 2.75) is 13.5 Å². The molecule has 0 atom stereocenters. The number of nitrogens with zero attached hydrogens (tertiary/aromatic N) is 2. The molecule has 6 heteroatoms. The molecule has 0 aliphatic carbocycles. The van der Waals surface area contributed by atoms with Gasteiger partial charge in [0.1, 0.15) is 5.52 Å². The maximum atomic E-state index is 12.9. The van der Waals surface area contributed by atoms with Gasteiger partial charge in [0.2, 0.25) is 5.89 Å². The van der Waals surface area contributed by atoms with Gasteiger partial charge >= 0.3 is 0 Å². The molecule has 0 saturated heterocycles. The lowest BCUT2D eigenvalue weighted by Crippen LogP contribution is -2.23. The second-order valence-corrected chi connectivity index (χ2v) is 7.25. The molecule has 30 heavy (non-hydrogen) atoms. The van der Waals surface area contributed by atoms with Crippen LogP contribution in [0.2, 0.25) is 0 Å². The van der Waals surface area contributed by atoms with E-state index in [0.717, 1.165) is 27.9 Å². The van der Waals surface area contributed by atoms with Crippen molar-refractivity contribution in [3.63, 3.8) is 0 Å². The zero-order valence-electron chi connectivity index (χ0n) is 16.9. The van der Waals surface area contributed by atoms with Crippen LogP contribution < -0.4 is 14.4 Å². The molecular weight excluding hydrogens is 380 g/mol. The Morgan fingerprint density at radius 3 is 2.57 bits per heavy atom. The van der Waals surface area contributed by atoms with Gasteiger partial charge in [-0.3, -0.25) is 4.79 Å². The van der Waals surface area contributed by atoms with Crippen molar-refractivity contribution in [1.82, 2.24) is 4.98 Å². The second-order valence-electron chi connectivity index (χ2n) is 7.25. The number of benzene rings is 3. The summed E-state index contributed by atoms with van der Waals surface area (Å²) in [7, 11) is 3.19. The normalized spacial score (nSPS) is 13.0. The number of carbonyl (C=O) groups is 1. The Balaban J connectivity index is 1.56. The maximum absolute atomic E-state index is 12.9. The van der Waals surface area contributed by atoms with Gasteiger partial charge in [-0.1, -0.05) is 18.2 Å². The van der Waals surface area contributed by atoms with Crippen molar-refractivity contribution in [2.75, 3.05) is 19.1 Å². The number of rotatable bonds is 4. The lowest BCUT2D eigenvalue weighted by Gasteiger charge is -2.16. The summed E-state index contributed by atoms with van der Waals surface area (Å²) in [6, 6.07) is 17.1. The van der Waals surface area contributed by atoms with Crippen LogP contribution >= 0.6 is 0 Å². The van der Waals surface area contributed by atoms with Crippen molar-refractivity contribution < 1.29 is 18.7 Å². The average Bonchev–Trinajstić information content (AvgIpc) is 3.35. The highest BCUT2D eigenvalue weighted by molar-refractivity contribution is 6.10. The number of hydrogen-bond acceptors (Lipinski definition) is 5. The van der Waals surface area contributed by atoms with Crippen LogP contribution in [0.3, 0.4) is 0 Å². The first-order valence-corrected chi connectivity index (χ1v) is 9.62. The van der Waals surface area contributed by atoms with Gasteiger partial charge in [-0.15, -0.1) is 0 Å². The highest BCUT2D eigenvalue weighted by Gasteiger charge is 2.28.